The third-order valence-electron chi connectivity index (χ3n) is 2.47. The van der Waals surface area contributed by atoms with Crippen molar-refractivity contribution in [2.24, 2.45) is 0 Å². The zero-order chi connectivity index (χ0) is 13.8. The predicted molar refractivity (Wildman–Crippen MR) is 66.0 cm³/mol. The molecule has 0 aliphatic rings. The van der Waals surface area contributed by atoms with Crippen molar-refractivity contribution < 1.29 is 19.0 Å². The van der Waals surface area contributed by atoms with Gasteiger partial charge in [0.1, 0.15) is 5.60 Å². The topological polar surface area (TPSA) is 58.6 Å². The fourth-order valence-electron chi connectivity index (χ4n) is 1.40. The SMILES string of the molecule is COc1ccc(CCNC(=O)C(C)(C)O)cc1F. The first-order valence-electron chi connectivity index (χ1n) is 5.67. The maximum atomic E-state index is 13.4. The lowest BCUT2D eigenvalue weighted by Gasteiger charge is -2.16. The number of methoxy groups -OCH3 is 1. The van der Waals surface area contributed by atoms with E-state index in [1.165, 1.54) is 27.0 Å². The molecule has 0 saturated heterocycles. The van der Waals surface area contributed by atoms with Crippen LogP contribution in [0.4, 0.5) is 4.39 Å². The molecule has 1 aromatic carbocycles. The van der Waals surface area contributed by atoms with Crippen molar-refractivity contribution in [2.75, 3.05) is 13.7 Å². The number of ether oxygens (including phenoxy) is 1. The van der Waals surface area contributed by atoms with Gasteiger partial charge in [-0.3, -0.25) is 4.79 Å². The van der Waals surface area contributed by atoms with Crippen LogP contribution in [0.3, 0.4) is 0 Å². The van der Waals surface area contributed by atoms with Crippen LogP contribution in [0.25, 0.3) is 0 Å². The highest BCUT2D eigenvalue weighted by atomic mass is 19.1. The molecule has 0 aliphatic heterocycles. The Kier molecular flexibility index (Phi) is 4.67. The molecule has 1 amide bonds. The molecule has 0 fully saturated rings. The minimum Gasteiger partial charge on any atom is -0.494 e. The van der Waals surface area contributed by atoms with E-state index in [9.17, 15) is 14.3 Å². The van der Waals surface area contributed by atoms with Crippen molar-refractivity contribution in [3.63, 3.8) is 0 Å². The summed E-state index contributed by atoms with van der Waals surface area (Å²) in [5.74, 6) is -0.681. The second-order valence-electron chi connectivity index (χ2n) is 4.53. The van der Waals surface area contributed by atoms with Crippen molar-refractivity contribution in [3.8, 4) is 5.75 Å². The lowest BCUT2D eigenvalue weighted by Crippen LogP contribution is -2.42. The van der Waals surface area contributed by atoms with Crippen molar-refractivity contribution in [1.29, 1.82) is 0 Å². The first kappa shape index (κ1) is 14.4. The molecule has 0 radical (unpaired) electrons. The Bertz CT molecular complexity index is 427. The number of halogens is 1. The highest BCUT2D eigenvalue weighted by Gasteiger charge is 2.22. The van der Waals surface area contributed by atoms with Crippen molar-refractivity contribution in [3.05, 3.63) is 29.6 Å². The van der Waals surface area contributed by atoms with Crippen LogP contribution in [0.2, 0.25) is 0 Å². The van der Waals surface area contributed by atoms with Crippen LogP contribution < -0.4 is 10.1 Å². The first-order chi connectivity index (χ1) is 8.34. The molecule has 0 aromatic heterocycles. The summed E-state index contributed by atoms with van der Waals surface area (Å²) in [6.07, 6.45) is 0.489. The summed E-state index contributed by atoms with van der Waals surface area (Å²) >= 11 is 0. The highest BCUT2D eigenvalue weighted by Crippen LogP contribution is 2.17. The van der Waals surface area contributed by atoms with Gasteiger partial charge in [0.2, 0.25) is 0 Å². The lowest BCUT2D eigenvalue weighted by molar-refractivity contribution is -0.136. The predicted octanol–water partition coefficient (Wildman–Crippen LogP) is 1.26. The van der Waals surface area contributed by atoms with E-state index < -0.39 is 17.3 Å². The highest BCUT2D eigenvalue weighted by molar-refractivity contribution is 5.83. The molecule has 1 aromatic rings. The minimum absolute atomic E-state index is 0.194. The fraction of sp³-hybridized carbons (Fsp3) is 0.462. The van der Waals surface area contributed by atoms with E-state index >= 15 is 0 Å². The second kappa shape index (κ2) is 5.82. The number of nitrogens with one attached hydrogen (secondary N) is 1. The molecule has 100 valence electrons. The van der Waals surface area contributed by atoms with Gasteiger partial charge < -0.3 is 15.2 Å². The Morgan fingerprint density at radius 1 is 1.50 bits per heavy atom. The van der Waals surface area contributed by atoms with Crippen molar-refractivity contribution >= 4 is 5.91 Å². The van der Waals surface area contributed by atoms with Crippen LogP contribution in [0.1, 0.15) is 19.4 Å². The van der Waals surface area contributed by atoms with Gasteiger partial charge in [0.05, 0.1) is 7.11 Å². The number of rotatable bonds is 5. The standard InChI is InChI=1S/C13H18FNO3/c1-13(2,17)12(16)15-7-6-9-4-5-11(18-3)10(14)8-9/h4-5,8,17H,6-7H2,1-3H3,(H,15,16). The molecule has 18 heavy (non-hydrogen) atoms. The molecule has 0 heterocycles. The van der Waals surface area contributed by atoms with Crippen molar-refractivity contribution in [1.82, 2.24) is 5.32 Å². The molecule has 0 aliphatic carbocycles. The maximum absolute atomic E-state index is 13.4. The van der Waals surface area contributed by atoms with Gasteiger partial charge in [-0.2, -0.15) is 0 Å². The third-order valence-corrected chi connectivity index (χ3v) is 2.47. The second-order valence-corrected chi connectivity index (χ2v) is 4.53. The number of hydrogen-bond donors (Lipinski definition) is 2. The smallest absolute Gasteiger partial charge is 0.251 e. The van der Waals surface area contributed by atoms with E-state index in [0.29, 0.717) is 13.0 Å². The van der Waals surface area contributed by atoms with Crippen LogP contribution in [0, 0.1) is 5.82 Å². The first-order valence-corrected chi connectivity index (χ1v) is 5.67. The van der Waals surface area contributed by atoms with E-state index in [1.807, 2.05) is 0 Å². The van der Waals surface area contributed by atoms with E-state index in [-0.39, 0.29) is 5.75 Å². The zero-order valence-electron chi connectivity index (χ0n) is 10.8. The molecule has 0 spiro atoms. The summed E-state index contributed by atoms with van der Waals surface area (Å²) in [5, 5.41) is 12.0. The van der Waals surface area contributed by atoms with Crippen LogP contribution in [0.5, 0.6) is 5.75 Å². The summed E-state index contributed by atoms with van der Waals surface area (Å²) < 4.78 is 18.2. The monoisotopic (exact) mass is 255 g/mol. The Labute approximate surface area is 106 Å². The number of carbonyl (C=O) groups excluding carboxylic acids is 1. The number of benzene rings is 1. The molecule has 0 bridgehead atoms. The summed E-state index contributed by atoms with van der Waals surface area (Å²) in [6, 6.07) is 4.65. The van der Waals surface area contributed by atoms with Gasteiger partial charge in [-0.15, -0.1) is 0 Å². The van der Waals surface area contributed by atoms with E-state index in [1.54, 1.807) is 12.1 Å². The summed E-state index contributed by atoms with van der Waals surface area (Å²) in [5.41, 5.74) is -0.644. The zero-order valence-corrected chi connectivity index (χ0v) is 10.8. The Morgan fingerprint density at radius 2 is 2.17 bits per heavy atom. The summed E-state index contributed by atoms with van der Waals surface area (Å²) in [6.45, 7) is 3.17. The molecule has 0 saturated carbocycles. The molecule has 1 rings (SSSR count). The fourth-order valence-corrected chi connectivity index (χ4v) is 1.40. The third kappa shape index (κ3) is 4.00. The largest absolute Gasteiger partial charge is 0.494 e. The van der Waals surface area contributed by atoms with Gasteiger partial charge in [-0.05, 0) is 38.0 Å². The van der Waals surface area contributed by atoms with Crippen molar-refractivity contribution in [2.45, 2.75) is 25.9 Å². The number of amides is 1. The van der Waals surface area contributed by atoms with Gasteiger partial charge in [0.15, 0.2) is 11.6 Å². The van der Waals surface area contributed by atoms with Gasteiger partial charge in [0.25, 0.3) is 5.91 Å². The Morgan fingerprint density at radius 3 is 2.67 bits per heavy atom. The number of hydrogen-bond acceptors (Lipinski definition) is 3. The average Bonchev–Trinajstić information content (AvgIpc) is 2.28. The van der Waals surface area contributed by atoms with Gasteiger partial charge in [-0.25, -0.2) is 4.39 Å². The number of aliphatic hydroxyl groups is 1. The Balaban J connectivity index is 2.50. The molecule has 5 heteroatoms. The van der Waals surface area contributed by atoms with Crippen LogP contribution >= 0.6 is 0 Å². The Hall–Kier alpha value is -1.62. The van der Waals surface area contributed by atoms with Crippen LogP contribution in [-0.2, 0) is 11.2 Å². The van der Waals surface area contributed by atoms with E-state index in [2.05, 4.69) is 5.32 Å². The van der Waals surface area contributed by atoms with Crippen LogP contribution in [0.15, 0.2) is 18.2 Å². The van der Waals surface area contributed by atoms with Gasteiger partial charge in [0, 0.05) is 6.54 Å². The van der Waals surface area contributed by atoms with Gasteiger partial charge >= 0.3 is 0 Å². The van der Waals surface area contributed by atoms with E-state index in [4.69, 9.17) is 4.74 Å². The molecule has 0 atom stereocenters. The molecule has 0 unspecified atom stereocenters. The normalized spacial score (nSPS) is 11.2. The van der Waals surface area contributed by atoms with E-state index in [0.717, 1.165) is 5.56 Å². The molecule has 4 nitrogen and oxygen atoms in total. The summed E-state index contributed by atoms with van der Waals surface area (Å²) in [7, 11) is 1.40. The molecule has 2 N–H and O–H groups in total. The average molecular weight is 255 g/mol. The summed E-state index contributed by atoms with van der Waals surface area (Å²) in [4.78, 5) is 11.4. The maximum Gasteiger partial charge on any atom is 0.251 e. The minimum atomic E-state index is -1.40. The van der Waals surface area contributed by atoms with Gasteiger partial charge in [-0.1, -0.05) is 6.07 Å². The molecular formula is C13H18FNO3. The van der Waals surface area contributed by atoms with Crippen LogP contribution in [-0.4, -0.2) is 30.3 Å². The number of carbonyl (C=O) groups is 1. The quantitative estimate of drug-likeness (QED) is 0.833. The molecular weight excluding hydrogens is 237 g/mol. The lowest BCUT2D eigenvalue weighted by atomic mass is 10.1.